The average Bonchev–Trinajstić information content (AvgIpc) is 3.14. The summed E-state index contributed by atoms with van der Waals surface area (Å²) < 4.78 is 29.2. The molecule has 0 aliphatic heterocycles. The molecule has 3 rings (SSSR count). The molecule has 1 unspecified atom stereocenters. The number of sulfone groups is 1. The van der Waals surface area contributed by atoms with E-state index in [-0.39, 0.29) is 0 Å². The first kappa shape index (κ1) is 16.9. The minimum absolute atomic E-state index is 0.495. The molecule has 0 aliphatic rings. The highest BCUT2D eigenvalue weighted by Gasteiger charge is 2.28. The van der Waals surface area contributed by atoms with E-state index in [1.165, 1.54) is 11.5 Å². The van der Waals surface area contributed by atoms with Crippen LogP contribution in [0.1, 0.15) is 17.9 Å². The molecule has 0 radical (unpaired) electrons. The zero-order valence-corrected chi connectivity index (χ0v) is 15.9. The predicted octanol–water partition coefficient (Wildman–Crippen LogP) is 4.13. The normalized spacial score (nSPS) is 13.6. The van der Waals surface area contributed by atoms with Gasteiger partial charge in [0, 0.05) is 32.0 Å². The monoisotopic (exact) mass is 434 g/mol. The summed E-state index contributed by atoms with van der Waals surface area (Å²) >= 11 is 10.8. The van der Waals surface area contributed by atoms with Crippen LogP contribution in [-0.4, -0.2) is 28.8 Å². The van der Waals surface area contributed by atoms with Gasteiger partial charge in [-0.05, 0) is 52.6 Å². The molecule has 0 bridgehead atoms. The Morgan fingerprint density at radius 2 is 2.22 bits per heavy atom. The Hall–Kier alpha value is -0.930. The van der Waals surface area contributed by atoms with Crippen LogP contribution in [0, 0.1) is 0 Å². The average molecular weight is 436 g/mol. The van der Waals surface area contributed by atoms with Crippen molar-refractivity contribution in [3.8, 4) is 11.3 Å². The van der Waals surface area contributed by atoms with Gasteiger partial charge in [-0.1, -0.05) is 11.6 Å². The molecule has 5 nitrogen and oxygen atoms in total. The number of rotatable bonds is 4. The fourth-order valence-electron chi connectivity index (χ4n) is 2.42. The van der Waals surface area contributed by atoms with E-state index in [0.29, 0.717) is 26.4 Å². The third kappa shape index (κ3) is 2.94. The van der Waals surface area contributed by atoms with Crippen molar-refractivity contribution in [1.29, 1.82) is 0 Å². The molecule has 0 fully saturated rings. The van der Waals surface area contributed by atoms with Crippen molar-refractivity contribution in [1.82, 2.24) is 9.36 Å². The Labute approximate surface area is 150 Å². The summed E-state index contributed by atoms with van der Waals surface area (Å²) in [5, 5.41) is 11.4. The Morgan fingerprint density at radius 3 is 2.83 bits per heavy atom. The third-order valence-electron chi connectivity index (χ3n) is 3.69. The summed E-state index contributed by atoms with van der Waals surface area (Å²) in [7, 11) is -3.68. The van der Waals surface area contributed by atoms with E-state index in [2.05, 4.69) is 25.3 Å². The molecule has 3 aromatic rings. The lowest BCUT2D eigenvalue weighted by Gasteiger charge is -2.11. The number of fused-ring (bicyclic) bond motifs is 1. The third-order valence-corrected chi connectivity index (χ3v) is 7.12. The van der Waals surface area contributed by atoms with Crippen molar-refractivity contribution >= 4 is 59.8 Å². The smallest absolute Gasteiger partial charge is 0.182 e. The highest BCUT2D eigenvalue weighted by atomic mass is 79.9. The van der Waals surface area contributed by atoms with Crippen LogP contribution < -0.4 is 0 Å². The number of halogens is 2. The summed E-state index contributed by atoms with van der Waals surface area (Å²) in [6.45, 7) is 1.54. The second-order valence-corrected chi connectivity index (χ2v) is 9.26. The maximum atomic E-state index is 12.1. The number of aromatic amines is 1. The molecule has 9 heteroatoms. The molecule has 23 heavy (non-hydrogen) atoms. The first-order chi connectivity index (χ1) is 10.8. The minimum Gasteiger partial charge on any atom is -0.380 e. The fraction of sp³-hybridized carbons (Fsp3) is 0.214. The number of nitrogens with zero attached hydrogens (tertiary/aromatic N) is 1. The number of aromatic nitrogens is 2. The molecule has 0 aliphatic carbocycles. The minimum atomic E-state index is -3.68. The first-order valence-electron chi connectivity index (χ1n) is 6.59. The van der Waals surface area contributed by atoms with Crippen LogP contribution in [0.2, 0.25) is 5.02 Å². The van der Waals surface area contributed by atoms with E-state index in [1.807, 2.05) is 11.4 Å². The summed E-state index contributed by atoms with van der Waals surface area (Å²) in [6.07, 6.45) is 0. The number of hydrogen-bond donors (Lipinski definition) is 2. The first-order valence-corrected chi connectivity index (χ1v) is 10.3. The van der Waals surface area contributed by atoms with Gasteiger partial charge in [-0.15, -0.1) is 0 Å². The molecule has 0 saturated heterocycles. The molecule has 1 aromatic carbocycles. The Morgan fingerprint density at radius 1 is 1.48 bits per heavy atom. The largest absolute Gasteiger partial charge is 0.380 e. The molecule has 0 spiro atoms. The maximum absolute atomic E-state index is 12.1. The standard InChI is InChI=1S/C14H12BrClN2O3S2/c1-7(23(20,21)6-19)14-13(11-2-3-22-18-11)8-4-10(16)9(15)5-12(8)17-14/h2-5,7,17,19H,6H2,1H3. The van der Waals surface area contributed by atoms with Gasteiger partial charge >= 0.3 is 0 Å². The molecule has 1 atom stereocenters. The highest BCUT2D eigenvalue weighted by molar-refractivity contribution is 9.10. The SMILES string of the molecule is CC(c1[nH]c2cc(Br)c(Cl)cc2c1-c1ccsn1)S(=O)(=O)CO. The Balaban J connectivity index is 2.35. The van der Waals surface area contributed by atoms with Gasteiger partial charge < -0.3 is 10.1 Å². The van der Waals surface area contributed by atoms with E-state index < -0.39 is 21.0 Å². The van der Waals surface area contributed by atoms with Gasteiger partial charge in [0.05, 0.1) is 10.7 Å². The number of nitrogens with one attached hydrogen (secondary N) is 1. The van der Waals surface area contributed by atoms with Crippen LogP contribution in [0.4, 0.5) is 0 Å². The lowest BCUT2D eigenvalue weighted by Crippen LogP contribution is -2.14. The second-order valence-electron chi connectivity index (χ2n) is 5.04. The summed E-state index contributed by atoms with van der Waals surface area (Å²) in [5.41, 5.74) is 2.61. The molecule has 2 N–H and O–H groups in total. The summed E-state index contributed by atoms with van der Waals surface area (Å²) in [6, 6.07) is 5.40. The van der Waals surface area contributed by atoms with Gasteiger partial charge in [0.1, 0.15) is 11.2 Å². The van der Waals surface area contributed by atoms with Crippen LogP contribution >= 0.6 is 39.1 Å². The van der Waals surface area contributed by atoms with Crippen LogP contribution in [0.25, 0.3) is 22.2 Å². The fourth-order valence-corrected chi connectivity index (χ4v) is 4.21. The highest BCUT2D eigenvalue weighted by Crippen LogP contribution is 2.40. The zero-order chi connectivity index (χ0) is 16.8. The molecule has 2 heterocycles. The molecule has 0 saturated carbocycles. The summed E-state index contributed by atoms with van der Waals surface area (Å²) in [5.74, 6) is -0.912. The Kier molecular flexibility index (Phi) is 4.54. The maximum Gasteiger partial charge on any atom is 0.182 e. The van der Waals surface area contributed by atoms with Gasteiger partial charge in [0.25, 0.3) is 0 Å². The zero-order valence-electron chi connectivity index (χ0n) is 11.9. The number of benzene rings is 1. The van der Waals surface area contributed by atoms with E-state index >= 15 is 0 Å². The van der Waals surface area contributed by atoms with Crippen molar-refractivity contribution in [3.05, 3.63) is 38.8 Å². The lowest BCUT2D eigenvalue weighted by atomic mass is 10.1. The second kappa shape index (κ2) is 6.18. The topological polar surface area (TPSA) is 83.0 Å². The molecule has 122 valence electrons. The molecular weight excluding hydrogens is 424 g/mol. The van der Waals surface area contributed by atoms with Crippen molar-refractivity contribution in [2.45, 2.75) is 12.2 Å². The van der Waals surface area contributed by atoms with E-state index in [9.17, 15) is 8.42 Å². The van der Waals surface area contributed by atoms with E-state index in [1.54, 1.807) is 19.1 Å². The summed E-state index contributed by atoms with van der Waals surface area (Å²) in [4.78, 5) is 3.15. The van der Waals surface area contributed by atoms with Crippen molar-refractivity contribution in [2.75, 3.05) is 5.94 Å². The van der Waals surface area contributed by atoms with Crippen molar-refractivity contribution in [2.24, 2.45) is 0 Å². The van der Waals surface area contributed by atoms with Gasteiger partial charge in [-0.3, -0.25) is 0 Å². The molecule has 0 amide bonds. The molecule has 2 aromatic heterocycles. The van der Waals surface area contributed by atoms with Crippen LogP contribution in [0.3, 0.4) is 0 Å². The lowest BCUT2D eigenvalue weighted by molar-refractivity contribution is 0.356. The number of aliphatic hydroxyl groups is 1. The van der Waals surface area contributed by atoms with Gasteiger partial charge in [-0.25, -0.2) is 8.42 Å². The van der Waals surface area contributed by atoms with Crippen LogP contribution in [0.15, 0.2) is 28.1 Å². The quantitative estimate of drug-likeness (QED) is 0.645. The number of hydrogen-bond acceptors (Lipinski definition) is 5. The van der Waals surface area contributed by atoms with Gasteiger partial charge in [0.15, 0.2) is 9.84 Å². The number of H-pyrrole nitrogens is 1. The number of aliphatic hydroxyl groups excluding tert-OH is 1. The van der Waals surface area contributed by atoms with Crippen LogP contribution in [-0.2, 0) is 9.84 Å². The van der Waals surface area contributed by atoms with Crippen molar-refractivity contribution in [3.63, 3.8) is 0 Å². The Bertz CT molecular complexity index is 968. The predicted molar refractivity (Wildman–Crippen MR) is 96.5 cm³/mol. The van der Waals surface area contributed by atoms with Crippen LogP contribution in [0.5, 0.6) is 0 Å². The van der Waals surface area contributed by atoms with Gasteiger partial charge in [-0.2, -0.15) is 4.37 Å². The van der Waals surface area contributed by atoms with Crippen molar-refractivity contribution < 1.29 is 13.5 Å². The van der Waals surface area contributed by atoms with Gasteiger partial charge in [0.2, 0.25) is 0 Å². The molecular formula is C14H12BrClN2O3S2. The van der Waals surface area contributed by atoms with E-state index in [4.69, 9.17) is 16.7 Å². The van der Waals surface area contributed by atoms with E-state index in [0.717, 1.165) is 10.9 Å².